The van der Waals surface area contributed by atoms with Gasteiger partial charge in [0.05, 0.1) is 19.9 Å². The normalized spacial score (nSPS) is 13.0. The molecule has 1 aliphatic heterocycles. The quantitative estimate of drug-likeness (QED) is 0.309. The van der Waals surface area contributed by atoms with Crippen LogP contribution in [0.5, 0.6) is 11.5 Å². The molecule has 0 aliphatic carbocycles. The molecule has 9 heteroatoms. The SMILES string of the molecule is COc1ccc(C(=O)N(CC(=O)N2CCN(c3ccc(-c4ccc(OC)cc4)nn3)CC2)Cc2ccccc2)cc1. The first-order valence-electron chi connectivity index (χ1n) is 13.5. The molecule has 1 aromatic heterocycles. The number of carbonyl (C=O) groups is 2. The number of rotatable bonds is 9. The summed E-state index contributed by atoms with van der Waals surface area (Å²) in [7, 11) is 3.22. The van der Waals surface area contributed by atoms with Crippen LogP contribution in [-0.2, 0) is 11.3 Å². The van der Waals surface area contributed by atoms with Crippen molar-refractivity contribution in [2.24, 2.45) is 0 Å². The Hall–Kier alpha value is -4.92. The third kappa shape index (κ3) is 6.81. The van der Waals surface area contributed by atoms with Crippen molar-refractivity contribution in [1.29, 1.82) is 0 Å². The van der Waals surface area contributed by atoms with E-state index in [1.165, 1.54) is 0 Å². The van der Waals surface area contributed by atoms with Crippen molar-refractivity contribution in [2.75, 3.05) is 51.8 Å². The van der Waals surface area contributed by atoms with Gasteiger partial charge in [0.2, 0.25) is 5.91 Å². The number of aromatic nitrogens is 2. The number of anilines is 1. The Kier molecular flexibility index (Phi) is 8.73. The van der Waals surface area contributed by atoms with Crippen LogP contribution < -0.4 is 14.4 Å². The Morgan fingerprint density at radius 1 is 0.756 bits per heavy atom. The second kappa shape index (κ2) is 13.0. The number of benzene rings is 3. The van der Waals surface area contributed by atoms with Crippen LogP contribution in [0.2, 0.25) is 0 Å². The fourth-order valence-electron chi connectivity index (χ4n) is 4.78. The van der Waals surface area contributed by atoms with Crippen LogP contribution in [0.25, 0.3) is 11.3 Å². The minimum atomic E-state index is -0.198. The van der Waals surface area contributed by atoms with Gasteiger partial charge in [-0.05, 0) is 66.2 Å². The van der Waals surface area contributed by atoms with Gasteiger partial charge in [0.15, 0.2) is 5.82 Å². The molecule has 2 amide bonds. The van der Waals surface area contributed by atoms with Crippen LogP contribution in [-0.4, -0.2) is 78.8 Å². The molecule has 0 spiro atoms. The van der Waals surface area contributed by atoms with E-state index in [1.807, 2.05) is 71.6 Å². The summed E-state index contributed by atoms with van der Waals surface area (Å²) in [6.45, 7) is 2.68. The van der Waals surface area contributed by atoms with Gasteiger partial charge in [-0.2, -0.15) is 0 Å². The number of ether oxygens (including phenoxy) is 2. The molecule has 41 heavy (non-hydrogen) atoms. The van der Waals surface area contributed by atoms with Gasteiger partial charge in [0, 0.05) is 43.9 Å². The molecule has 9 nitrogen and oxygen atoms in total. The van der Waals surface area contributed by atoms with Crippen molar-refractivity contribution in [1.82, 2.24) is 20.0 Å². The molecule has 5 rings (SSSR count). The zero-order valence-corrected chi connectivity index (χ0v) is 23.3. The van der Waals surface area contributed by atoms with Crippen molar-refractivity contribution in [3.63, 3.8) is 0 Å². The molecule has 1 saturated heterocycles. The predicted octanol–water partition coefficient (Wildman–Crippen LogP) is 4.15. The fourth-order valence-corrected chi connectivity index (χ4v) is 4.78. The monoisotopic (exact) mass is 551 g/mol. The lowest BCUT2D eigenvalue weighted by Gasteiger charge is -2.36. The third-order valence-electron chi connectivity index (χ3n) is 7.16. The molecule has 0 N–H and O–H groups in total. The maximum absolute atomic E-state index is 13.5. The molecule has 1 aliphatic rings. The minimum absolute atomic E-state index is 0.00385. The molecular formula is C32H33N5O4. The fraction of sp³-hybridized carbons (Fsp3) is 0.250. The van der Waals surface area contributed by atoms with E-state index in [0.717, 1.165) is 28.4 Å². The van der Waals surface area contributed by atoms with Gasteiger partial charge in [0.1, 0.15) is 18.0 Å². The van der Waals surface area contributed by atoms with Crippen molar-refractivity contribution in [3.8, 4) is 22.8 Å². The van der Waals surface area contributed by atoms with Crippen molar-refractivity contribution >= 4 is 17.6 Å². The number of hydrogen-bond acceptors (Lipinski definition) is 7. The number of carbonyl (C=O) groups excluding carboxylic acids is 2. The predicted molar refractivity (Wildman–Crippen MR) is 157 cm³/mol. The highest BCUT2D eigenvalue weighted by atomic mass is 16.5. The average Bonchev–Trinajstić information content (AvgIpc) is 3.05. The van der Waals surface area contributed by atoms with Gasteiger partial charge in [-0.3, -0.25) is 9.59 Å². The maximum atomic E-state index is 13.5. The van der Waals surface area contributed by atoms with Crippen molar-refractivity contribution < 1.29 is 19.1 Å². The number of nitrogens with zero attached hydrogens (tertiary/aromatic N) is 5. The van der Waals surface area contributed by atoms with E-state index in [0.29, 0.717) is 44.0 Å². The Morgan fingerprint density at radius 2 is 1.39 bits per heavy atom. The smallest absolute Gasteiger partial charge is 0.254 e. The van der Waals surface area contributed by atoms with E-state index in [4.69, 9.17) is 9.47 Å². The first-order chi connectivity index (χ1) is 20.0. The molecule has 210 valence electrons. The van der Waals surface area contributed by atoms with Gasteiger partial charge < -0.3 is 24.2 Å². The van der Waals surface area contributed by atoms with E-state index in [9.17, 15) is 9.59 Å². The lowest BCUT2D eigenvalue weighted by Crippen LogP contribution is -2.52. The van der Waals surface area contributed by atoms with Crippen LogP contribution in [0, 0.1) is 0 Å². The number of amides is 2. The van der Waals surface area contributed by atoms with E-state index in [-0.39, 0.29) is 18.4 Å². The zero-order chi connectivity index (χ0) is 28.6. The van der Waals surface area contributed by atoms with E-state index < -0.39 is 0 Å². The second-order valence-electron chi connectivity index (χ2n) is 9.75. The minimum Gasteiger partial charge on any atom is -0.497 e. The summed E-state index contributed by atoms with van der Waals surface area (Å²) in [5, 5.41) is 8.84. The number of piperazine rings is 1. The summed E-state index contributed by atoms with van der Waals surface area (Å²) in [4.78, 5) is 32.4. The summed E-state index contributed by atoms with van der Waals surface area (Å²) in [6.07, 6.45) is 0. The lowest BCUT2D eigenvalue weighted by molar-refractivity contribution is -0.132. The van der Waals surface area contributed by atoms with Gasteiger partial charge in [-0.25, -0.2) is 0 Å². The van der Waals surface area contributed by atoms with Crippen molar-refractivity contribution in [2.45, 2.75) is 6.54 Å². The van der Waals surface area contributed by atoms with Crippen LogP contribution in [0.4, 0.5) is 5.82 Å². The molecule has 2 heterocycles. The second-order valence-corrected chi connectivity index (χ2v) is 9.75. The Bertz CT molecular complexity index is 1440. The highest BCUT2D eigenvalue weighted by Crippen LogP contribution is 2.22. The summed E-state index contributed by atoms with van der Waals surface area (Å²) >= 11 is 0. The molecule has 3 aromatic carbocycles. The molecule has 0 bridgehead atoms. The number of methoxy groups -OCH3 is 2. The van der Waals surface area contributed by atoms with E-state index in [1.54, 1.807) is 43.4 Å². The van der Waals surface area contributed by atoms with E-state index >= 15 is 0 Å². The highest BCUT2D eigenvalue weighted by Gasteiger charge is 2.26. The lowest BCUT2D eigenvalue weighted by atomic mass is 10.1. The molecule has 4 aromatic rings. The Balaban J connectivity index is 1.21. The molecule has 0 atom stereocenters. The summed E-state index contributed by atoms with van der Waals surface area (Å²) in [6, 6.07) is 28.3. The van der Waals surface area contributed by atoms with Crippen molar-refractivity contribution in [3.05, 3.63) is 102 Å². The standard InChI is InChI=1S/C32H33N5O4/c1-40-27-12-8-25(9-13-27)29-16-17-30(34-33-29)35-18-20-36(21-19-35)31(38)23-37(22-24-6-4-3-5-7-24)32(39)26-10-14-28(41-2)15-11-26/h3-17H,18-23H2,1-2H3. The summed E-state index contributed by atoms with van der Waals surface area (Å²) in [5.41, 5.74) is 3.22. The van der Waals surface area contributed by atoms with Crippen LogP contribution >= 0.6 is 0 Å². The number of hydrogen-bond donors (Lipinski definition) is 0. The van der Waals surface area contributed by atoms with Gasteiger partial charge in [-0.15, -0.1) is 10.2 Å². The maximum Gasteiger partial charge on any atom is 0.254 e. The molecular weight excluding hydrogens is 518 g/mol. The Morgan fingerprint density at radius 3 is 1.98 bits per heavy atom. The first-order valence-corrected chi connectivity index (χ1v) is 13.5. The van der Waals surface area contributed by atoms with Gasteiger partial charge in [0.25, 0.3) is 5.91 Å². The molecule has 0 unspecified atom stereocenters. The van der Waals surface area contributed by atoms with Crippen LogP contribution in [0.1, 0.15) is 15.9 Å². The summed E-state index contributed by atoms with van der Waals surface area (Å²) in [5.74, 6) is 1.96. The zero-order valence-electron chi connectivity index (χ0n) is 23.3. The summed E-state index contributed by atoms with van der Waals surface area (Å²) < 4.78 is 10.4. The topological polar surface area (TPSA) is 88.1 Å². The van der Waals surface area contributed by atoms with Crippen LogP contribution in [0.15, 0.2) is 91.0 Å². The van der Waals surface area contributed by atoms with Gasteiger partial charge >= 0.3 is 0 Å². The Labute approximate surface area is 239 Å². The largest absolute Gasteiger partial charge is 0.497 e. The highest BCUT2D eigenvalue weighted by molar-refractivity contribution is 5.96. The molecule has 0 saturated carbocycles. The van der Waals surface area contributed by atoms with Crippen LogP contribution in [0.3, 0.4) is 0 Å². The molecule has 1 fully saturated rings. The molecule has 0 radical (unpaired) electrons. The third-order valence-corrected chi connectivity index (χ3v) is 7.16. The van der Waals surface area contributed by atoms with E-state index in [2.05, 4.69) is 15.1 Å². The average molecular weight is 552 g/mol. The van der Waals surface area contributed by atoms with Gasteiger partial charge in [-0.1, -0.05) is 30.3 Å². The first kappa shape index (κ1) is 27.6.